The highest BCUT2D eigenvalue weighted by molar-refractivity contribution is 5.01. The van der Waals surface area contributed by atoms with Crippen molar-refractivity contribution in [3.05, 3.63) is 24.3 Å². The average molecular weight is 218 g/mol. The Morgan fingerprint density at radius 1 is 0.562 bits per heavy atom. The summed E-state index contributed by atoms with van der Waals surface area (Å²) in [6, 6.07) is 0. The molecule has 0 bridgehead atoms. The van der Waals surface area contributed by atoms with Crippen LogP contribution in [0.2, 0.25) is 0 Å². The van der Waals surface area contributed by atoms with E-state index in [4.69, 9.17) is 0 Å². The Kier molecular flexibility index (Phi) is 5.18. The van der Waals surface area contributed by atoms with E-state index in [0.29, 0.717) is 0 Å². The van der Waals surface area contributed by atoms with Crippen molar-refractivity contribution in [1.82, 2.24) is 0 Å². The van der Waals surface area contributed by atoms with Gasteiger partial charge in [-0.25, -0.2) is 0 Å². The van der Waals surface area contributed by atoms with Crippen LogP contribution in [0.15, 0.2) is 24.3 Å². The van der Waals surface area contributed by atoms with Gasteiger partial charge in [-0.3, -0.25) is 0 Å². The van der Waals surface area contributed by atoms with E-state index in [1.165, 1.54) is 64.2 Å². The molecule has 0 aliphatic heterocycles. The molecule has 0 amide bonds. The van der Waals surface area contributed by atoms with Crippen LogP contribution in [0.3, 0.4) is 0 Å². The van der Waals surface area contributed by atoms with Gasteiger partial charge in [-0.15, -0.1) is 0 Å². The van der Waals surface area contributed by atoms with Gasteiger partial charge in [0.2, 0.25) is 0 Å². The number of hydrogen-bond donors (Lipinski definition) is 0. The highest BCUT2D eigenvalue weighted by atomic mass is 14.2. The molecule has 2 atom stereocenters. The monoisotopic (exact) mass is 218 g/mol. The second-order valence-electron chi connectivity index (χ2n) is 5.46. The largest absolute Gasteiger partial charge is 0.0882 e. The first-order chi connectivity index (χ1) is 7.97. The molecule has 2 rings (SSSR count). The first-order valence-electron chi connectivity index (χ1n) is 7.30. The summed E-state index contributed by atoms with van der Waals surface area (Å²) in [6.07, 6.45) is 24.0. The summed E-state index contributed by atoms with van der Waals surface area (Å²) in [5, 5.41) is 0. The molecule has 0 saturated heterocycles. The lowest BCUT2D eigenvalue weighted by molar-refractivity contribution is 0.379. The molecule has 0 heterocycles. The molecule has 90 valence electrons. The SMILES string of the molecule is C1=CC(C2/C=C\CCCCC2)CCCCC1. The van der Waals surface area contributed by atoms with Crippen LogP contribution in [0.4, 0.5) is 0 Å². The molecule has 0 spiro atoms. The van der Waals surface area contributed by atoms with E-state index < -0.39 is 0 Å². The van der Waals surface area contributed by atoms with Crippen molar-refractivity contribution in [3.8, 4) is 0 Å². The van der Waals surface area contributed by atoms with Gasteiger partial charge in [-0.1, -0.05) is 50.0 Å². The molecule has 0 radical (unpaired) electrons. The Hall–Kier alpha value is -0.520. The summed E-state index contributed by atoms with van der Waals surface area (Å²) in [6.45, 7) is 0. The van der Waals surface area contributed by atoms with Crippen LogP contribution in [0.1, 0.15) is 64.2 Å². The van der Waals surface area contributed by atoms with Gasteiger partial charge < -0.3 is 0 Å². The van der Waals surface area contributed by atoms with E-state index in [1.807, 2.05) is 0 Å². The molecule has 0 aromatic carbocycles. The Balaban J connectivity index is 1.96. The molecule has 0 N–H and O–H groups in total. The fraction of sp³-hybridized carbons (Fsp3) is 0.750. The van der Waals surface area contributed by atoms with Crippen LogP contribution in [-0.2, 0) is 0 Å². The van der Waals surface area contributed by atoms with Crippen LogP contribution < -0.4 is 0 Å². The predicted molar refractivity (Wildman–Crippen MR) is 71.4 cm³/mol. The van der Waals surface area contributed by atoms with Crippen molar-refractivity contribution in [2.75, 3.05) is 0 Å². The molecule has 0 nitrogen and oxygen atoms in total. The first kappa shape index (κ1) is 12.0. The lowest BCUT2D eigenvalue weighted by atomic mass is 9.81. The van der Waals surface area contributed by atoms with Crippen LogP contribution in [0, 0.1) is 11.8 Å². The third-order valence-corrected chi connectivity index (χ3v) is 4.13. The van der Waals surface area contributed by atoms with Crippen LogP contribution >= 0.6 is 0 Å². The zero-order chi connectivity index (χ0) is 11.1. The molecule has 2 unspecified atom stereocenters. The summed E-state index contributed by atoms with van der Waals surface area (Å²) < 4.78 is 0. The molecule has 0 aromatic rings. The average Bonchev–Trinajstić information content (AvgIpc) is 2.18. The second-order valence-corrected chi connectivity index (χ2v) is 5.46. The van der Waals surface area contributed by atoms with Crippen molar-refractivity contribution < 1.29 is 0 Å². The molecule has 0 aromatic heterocycles. The van der Waals surface area contributed by atoms with Crippen molar-refractivity contribution >= 4 is 0 Å². The van der Waals surface area contributed by atoms with Gasteiger partial charge in [0.15, 0.2) is 0 Å². The van der Waals surface area contributed by atoms with Gasteiger partial charge in [-0.05, 0) is 50.4 Å². The van der Waals surface area contributed by atoms with Crippen molar-refractivity contribution in [1.29, 1.82) is 0 Å². The Morgan fingerprint density at radius 3 is 1.56 bits per heavy atom. The lowest BCUT2D eigenvalue weighted by Crippen LogP contribution is -2.12. The predicted octanol–water partition coefficient (Wildman–Crippen LogP) is 5.26. The molecule has 2 aliphatic carbocycles. The quantitative estimate of drug-likeness (QED) is 0.527. The Morgan fingerprint density at radius 2 is 1.06 bits per heavy atom. The van der Waals surface area contributed by atoms with Gasteiger partial charge >= 0.3 is 0 Å². The van der Waals surface area contributed by atoms with Crippen LogP contribution in [0.5, 0.6) is 0 Å². The maximum Gasteiger partial charge on any atom is -0.0171 e. The molecule has 0 heteroatoms. The summed E-state index contributed by atoms with van der Waals surface area (Å²) in [7, 11) is 0. The topological polar surface area (TPSA) is 0 Å². The summed E-state index contributed by atoms with van der Waals surface area (Å²) in [4.78, 5) is 0. The standard InChI is InChI=1S/C16H26/c1-3-7-11-15(12-8-4-1)16-13-9-5-2-6-10-14-16/h7,9,11,13,15-16H,1-6,8,10,12,14H2/b11-7-,13-9?. The first-order valence-corrected chi connectivity index (χ1v) is 7.30. The van der Waals surface area contributed by atoms with Gasteiger partial charge in [-0.2, -0.15) is 0 Å². The molecule has 16 heavy (non-hydrogen) atoms. The maximum absolute atomic E-state index is 2.52. The Labute approximate surface area is 101 Å². The zero-order valence-corrected chi connectivity index (χ0v) is 10.5. The third kappa shape index (κ3) is 3.81. The normalized spacial score (nSPS) is 34.5. The minimum Gasteiger partial charge on any atom is -0.0882 e. The van der Waals surface area contributed by atoms with Crippen molar-refractivity contribution in [3.63, 3.8) is 0 Å². The lowest BCUT2D eigenvalue weighted by Gasteiger charge is -2.24. The molecule has 2 aliphatic rings. The minimum absolute atomic E-state index is 0.842. The van der Waals surface area contributed by atoms with E-state index >= 15 is 0 Å². The zero-order valence-electron chi connectivity index (χ0n) is 10.5. The van der Waals surface area contributed by atoms with E-state index in [0.717, 1.165) is 11.8 Å². The summed E-state index contributed by atoms with van der Waals surface area (Å²) in [5.74, 6) is 1.68. The van der Waals surface area contributed by atoms with Crippen molar-refractivity contribution in [2.24, 2.45) is 11.8 Å². The summed E-state index contributed by atoms with van der Waals surface area (Å²) in [5.41, 5.74) is 0. The highest BCUT2D eigenvalue weighted by Crippen LogP contribution is 2.30. The third-order valence-electron chi connectivity index (χ3n) is 4.13. The number of allylic oxidation sites excluding steroid dienone is 4. The fourth-order valence-corrected chi connectivity index (χ4v) is 3.09. The van der Waals surface area contributed by atoms with Gasteiger partial charge in [0.25, 0.3) is 0 Å². The highest BCUT2D eigenvalue weighted by Gasteiger charge is 2.17. The second kappa shape index (κ2) is 6.93. The maximum atomic E-state index is 2.52. The van der Waals surface area contributed by atoms with Gasteiger partial charge in [0, 0.05) is 0 Å². The van der Waals surface area contributed by atoms with Crippen LogP contribution in [-0.4, -0.2) is 0 Å². The molecule has 0 fully saturated rings. The van der Waals surface area contributed by atoms with E-state index in [1.54, 1.807) is 0 Å². The summed E-state index contributed by atoms with van der Waals surface area (Å²) >= 11 is 0. The van der Waals surface area contributed by atoms with E-state index in [2.05, 4.69) is 24.3 Å². The van der Waals surface area contributed by atoms with Crippen molar-refractivity contribution in [2.45, 2.75) is 64.2 Å². The number of hydrogen-bond acceptors (Lipinski definition) is 0. The smallest absolute Gasteiger partial charge is 0.0171 e. The van der Waals surface area contributed by atoms with E-state index in [9.17, 15) is 0 Å². The number of rotatable bonds is 1. The van der Waals surface area contributed by atoms with Gasteiger partial charge in [0.05, 0.1) is 0 Å². The molecular weight excluding hydrogens is 192 g/mol. The fourth-order valence-electron chi connectivity index (χ4n) is 3.09. The van der Waals surface area contributed by atoms with Gasteiger partial charge in [0.1, 0.15) is 0 Å². The molecule has 0 saturated carbocycles. The molecular formula is C16H26. The van der Waals surface area contributed by atoms with E-state index in [-0.39, 0.29) is 0 Å². The van der Waals surface area contributed by atoms with Crippen LogP contribution in [0.25, 0.3) is 0 Å². The Bertz CT molecular complexity index is 210. The minimum atomic E-state index is 0.842.